The van der Waals surface area contributed by atoms with Gasteiger partial charge in [0, 0.05) is 27.4 Å². The first-order chi connectivity index (χ1) is 23.8. The van der Waals surface area contributed by atoms with Crippen molar-refractivity contribution in [1.82, 2.24) is 4.98 Å². The van der Waals surface area contributed by atoms with Gasteiger partial charge in [-0.25, -0.2) is 0 Å². The average Bonchev–Trinajstić information content (AvgIpc) is 3.52. The molecule has 48 heavy (non-hydrogen) atoms. The Bertz CT molecular complexity index is 2830. The standard InChI is InChI=1S/C45H28N2O/c1-2-10-30(11-3-1)42-23-22-34(28-46-42)47(43-24-31-12-4-5-13-35(31)36-14-6-7-15-37(36)43)33-21-20-29-18-19-32-25-45-41(27-40(32)39(29)26-33)38-16-8-9-17-44(38)48-45/h1-28H. The van der Waals surface area contributed by atoms with Crippen molar-refractivity contribution in [3.8, 4) is 11.3 Å². The minimum Gasteiger partial charge on any atom is -0.456 e. The van der Waals surface area contributed by atoms with Gasteiger partial charge in [0.2, 0.25) is 0 Å². The summed E-state index contributed by atoms with van der Waals surface area (Å²) in [6.45, 7) is 0. The first kappa shape index (κ1) is 26.7. The molecule has 8 aromatic carbocycles. The zero-order chi connectivity index (χ0) is 31.6. The largest absolute Gasteiger partial charge is 0.456 e. The molecule has 0 fully saturated rings. The van der Waals surface area contributed by atoms with Gasteiger partial charge in [-0.3, -0.25) is 4.98 Å². The zero-order valence-electron chi connectivity index (χ0n) is 26.0. The van der Waals surface area contributed by atoms with Crippen molar-refractivity contribution < 1.29 is 4.42 Å². The van der Waals surface area contributed by atoms with Gasteiger partial charge in [-0.05, 0) is 86.2 Å². The summed E-state index contributed by atoms with van der Waals surface area (Å²) in [4.78, 5) is 7.34. The van der Waals surface area contributed by atoms with Crippen molar-refractivity contribution in [1.29, 1.82) is 0 Å². The van der Waals surface area contributed by atoms with E-state index in [1.54, 1.807) is 0 Å². The third-order valence-electron chi connectivity index (χ3n) is 9.64. The van der Waals surface area contributed by atoms with E-state index in [0.29, 0.717) is 0 Å². The van der Waals surface area contributed by atoms with Crippen LogP contribution in [-0.4, -0.2) is 4.98 Å². The summed E-state index contributed by atoms with van der Waals surface area (Å²) in [6.07, 6.45) is 2.00. The number of pyridine rings is 1. The van der Waals surface area contributed by atoms with E-state index in [-0.39, 0.29) is 0 Å². The third-order valence-corrected chi connectivity index (χ3v) is 9.64. The molecular formula is C45H28N2O. The summed E-state index contributed by atoms with van der Waals surface area (Å²) in [5.74, 6) is 0. The molecule has 2 aromatic heterocycles. The van der Waals surface area contributed by atoms with Crippen LogP contribution < -0.4 is 4.90 Å². The van der Waals surface area contributed by atoms with E-state index in [2.05, 4.69) is 150 Å². The monoisotopic (exact) mass is 612 g/mol. The van der Waals surface area contributed by atoms with E-state index >= 15 is 0 Å². The van der Waals surface area contributed by atoms with Gasteiger partial charge in [0.05, 0.1) is 23.3 Å². The average molecular weight is 613 g/mol. The predicted molar refractivity (Wildman–Crippen MR) is 202 cm³/mol. The minimum atomic E-state index is 0.910. The lowest BCUT2D eigenvalue weighted by molar-refractivity contribution is 0.669. The molecule has 3 heteroatoms. The van der Waals surface area contributed by atoms with Gasteiger partial charge in [0.25, 0.3) is 0 Å². The Labute approximate surface area is 276 Å². The number of hydrogen-bond donors (Lipinski definition) is 0. The summed E-state index contributed by atoms with van der Waals surface area (Å²) in [7, 11) is 0. The first-order valence-electron chi connectivity index (χ1n) is 16.3. The molecule has 0 saturated heterocycles. The number of fused-ring (bicyclic) bond motifs is 9. The van der Waals surface area contributed by atoms with Crippen LogP contribution >= 0.6 is 0 Å². The van der Waals surface area contributed by atoms with Crippen LogP contribution in [0.1, 0.15) is 0 Å². The summed E-state index contributed by atoms with van der Waals surface area (Å²) >= 11 is 0. The van der Waals surface area contributed by atoms with Gasteiger partial charge in [-0.2, -0.15) is 0 Å². The SMILES string of the molecule is c1ccc(-c2ccc(N(c3ccc4ccc5cc6oc7ccccc7c6cc5c4c3)c3cc4ccccc4c4ccccc34)cn2)cc1. The topological polar surface area (TPSA) is 29.3 Å². The molecule has 0 aliphatic carbocycles. The van der Waals surface area contributed by atoms with Crippen molar-refractivity contribution in [2.24, 2.45) is 0 Å². The Hall–Kier alpha value is -6.45. The van der Waals surface area contributed by atoms with E-state index in [4.69, 9.17) is 9.40 Å². The van der Waals surface area contributed by atoms with Crippen molar-refractivity contribution in [2.45, 2.75) is 0 Å². The van der Waals surface area contributed by atoms with Crippen molar-refractivity contribution >= 4 is 82.1 Å². The fraction of sp³-hybridized carbons (Fsp3) is 0. The zero-order valence-corrected chi connectivity index (χ0v) is 26.0. The molecule has 0 saturated carbocycles. The predicted octanol–water partition coefficient (Wildman–Crippen LogP) is 12.7. The first-order valence-corrected chi connectivity index (χ1v) is 16.3. The van der Waals surface area contributed by atoms with E-state index < -0.39 is 0 Å². The summed E-state index contributed by atoms with van der Waals surface area (Å²) < 4.78 is 6.25. The summed E-state index contributed by atoms with van der Waals surface area (Å²) in [5.41, 5.74) is 7.05. The Morgan fingerprint density at radius 3 is 1.92 bits per heavy atom. The molecule has 0 aliphatic rings. The quantitative estimate of drug-likeness (QED) is 0.185. The van der Waals surface area contributed by atoms with Crippen LogP contribution in [0.5, 0.6) is 0 Å². The van der Waals surface area contributed by atoms with E-state index in [1.165, 1.54) is 37.7 Å². The number of nitrogens with zero attached hydrogens (tertiary/aromatic N) is 2. The summed E-state index contributed by atoms with van der Waals surface area (Å²) in [5, 5.41) is 11.9. The van der Waals surface area contributed by atoms with Crippen LogP contribution in [0.25, 0.3) is 76.3 Å². The maximum Gasteiger partial charge on any atom is 0.136 e. The highest BCUT2D eigenvalue weighted by Gasteiger charge is 2.19. The number of benzene rings is 8. The van der Waals surface area contributed by atoms with E-state index in [1.807, 2.05) is 24.4 Å². The normalized spacial score (nSPS) is 11.8. The smallest absolute Gasteiger partial charge is 0.136 e. The van der Waals surface area contributed by atoms with Crippen molar-refractivity contribution in [3.05, 3.63) is 170 Å². The van der Waals surface area contributed by atoms with Gasteiger partial charge >= 0.3 is 0 Å². The van der Waals surface area contributed by atoms with Crippen LogP contribution in [-0.2, 0) is 0 Å². The van der Waals surface area contributed by atoms with Crippen molar-refractivity contribution in [3.63, 3.8) is 0 Å². The molecule has 2 heterocycles. The van der Waals surface area contributed by atoms with Crippen molar-refractivity contribution in [2.75, 3.05) is 4.90 Å². The molecule has 0 aliphatic heterocycles. The molecule has 0 unspecified atom stereocenters. The summed E-state index contributed by atoms with van der Waals surface area (Å²) in [6, 6.07) is 58.3. The van der Waals surface area contributed by atoms with Gasteiger partial charge in [0.15, 0.2) is 0 Å². The number of hydrogen-bond acceptors (Lipinski definition) is 3. The maximum absolute atomic E-state index is 6.25. The third kappa shape index (κ3) is 4.18. The number of aromatic nitrogens is 1. The number of para-hydroxylation sites is 1. The molecule has 0 bridgehead atoms. The maximum atomic E-state index is 6.25. The molecule has 10 aromatic rings. The highest BCUT2D eigenvalue weighted by atomic mass is 16.3. The van der Waals surface area contributed by atoms with Gasteiger partial charge in [0.1, 0.15) is 11.2 Å². The van der Waals surface area contributed by atoms with Gasteiger partial charge < -0.3 is 9.32 Å². The van der Waals surface area contributed by atoms with Crippen LogP contribution in [0.3, 0.4) is 0 Å². The fourth-order valence-corrected chi connectivity index (χ4v) is 7.34. The molecule has 0 spiro atoms. The molecule has 3 nitrogen and oxygen atoms in total. The lowest BCUT2D eigenvalue weighted by atomic mass is 9.97. The van der Waals surface area contributed by atoms with Gasteiger partial charge in [-0.1, -0.05) is 115 Å². The highest BCUT2D eigenvalue weighted by Crippen LogP contribution is 2.44. The second-order valence-corrected chi connectivity index (χ2v) is 12.4. The fourth-order valence-electron chi connectivity index (χ4n) is 7.34. The molecule has 224 valence electrons. The van der Waals surface area contributed by atoms with E-state index in [9.17, 15) is 0 Å². The molecule has 0 N–H and O–H groups in total. The lowest BCUT2D eigenvalue weighted by Gasteiger charge is -2.28. The molecular weight excluding hydrogens is 585 g/mol. The Morgan fingerprint density at radius 1 is 0.396 bits per heavy atom. The van der Waals surface area contributed by atoms with Crippen LogP contribution in [0.15, 0.2) is 174 Å². The van der Waals surface area contributed by atoms with E-state index in [0.717, 1.165) is 55.6 Å². The van der Waals surface area contributed by atoms with Crippen LogP contribution in [0.2, 0.25) is 0 Å². The van der Waals surface area contributed by atoms with Crippen LogP contribution in [0, 0.1) is 0 Å². The number of rotatable bonds is 4. The molecule has 0 amide bonds. The number of anilines is 3. The van der Waals surface area contributed by atoms with Gasteiger partial charge in [-0.15, -0.1) is 0 Å². The second-order valence-electron chi connectivity index (χ2n) is 12.4. The number of furan rings is 1. The minimum absolute atomic E-state index is 0.910. The molecule has 0 radical (unpaired) electrons. The Kier molecular flexibility index (Phi) is 5.87. The highest BCUT2D eigenvalue weighted by molar-refractivity contribution is 6.18. The molecule has 10 rings (SSSR count). The lowest BCUT2D eigenvalue weighted by Crippen LogP contribution is -2.11. The second kappa shape index (κ2) is 10.5. The Balaban J connectivity index is 1.24. The molecule has 0 atom stereocenters. The van der Waals surface area contributed by atoms with Crippen LogP contribution in [0.4, 0.5) is 17.1 Å². The Morgan fingerprint density at radius 2 is 1.06 bits per heavy atom.